The third kappa shape index (κ3) is 3.95. The number of likely N-dealkylation sites (tertiary alicyclic amines) is 1. The van der Waals surface area contributed by atoms with Crippen LogP contribution < -0.4 is 9.47 Å². The Bertz CT molecular complexity index is 1190. The average molecular weight is 558 g/mol. The zero-order valence-electron chi connectivity index (χ0n) is 20.9. The molecule has 1 atom stereocenters. The van der Waals surface area contributed by atoms with E-state index in [1.54, 1.807) is 0 Å². The Labute approximate surface area is 221 Å². The topological polar surface area (TPSA) is 261 Å². The first kappa shape index (κ1) is 30.8. The SMILES string of the molecule is C=C/C=C(\C=C)C(O)(O)N1C(O)(O)C(O)(O)C(O)(CC2Cc3cc(OC)c(OC)cc3C2=O)C(O)(O)C1(O)O. The Hall–Kier alpha value is -2.77. The second-order valence-corrected chi connectivity index (χ2v) is 9.34. The summed E-state index contributed by atoms with van der Waals surface area (Å²) < 4.78 is 10.3. The highest BCUT2D eigenvalue weighted by Gasteiger charge is 2.87. The van der Waals surface area contributed by atoms with Crippen LogP contribution in [0.4, 0.5) is 0 Å². The number of ketones is 1. The molecule has 1 aromatic carbocycles. The van der Waals surface area contributed by atoms with E-state index in [1.807, 2.05) is 0 Å². The van der Waals surface area contributed by atoms with Crippen molar-refractivity contribution >= 4 is 5.78 Å². The molecule has 1 saturated heterocycles. The molecule has 15 heteroatoms. The van der Waals surface area contributed by atoms with Crippen LogP contribution in [-0.4, -0.2) is 116 Å². The summed E-state index contributed by atoms with van der Waals surface area (Å²) in [7, 11) is 2.62. The van der Waals surface area contributed by atoms with Gasteiger partial charge in [-0.1, -0.05) is 31.4 Å². The predicted octanol–water partition coefficient (Wildman–Crippen LogP) is -3.93. The van der Waals surface area contributed by atoms with Crippen LogP contribution in [0.3, 0.4) is 0 Å². The number of methoxy groups -OCH3 is 2. The summed E-state index contributed by atoms with van der Waals surface area (Å²) in [5.41, 5.74) is -4.78. The van der Waals surface area contributed by atoms with Gasteiger partial charge in [0.2, 0.25) is 0 Å². The number of ether oxygens (including phenoxy) is 2. The summed E-state index contributed by atoms with van der Waals surface area (Å²) in [6.45, 7) is 6.48. The number of rotatable bonds is 8. The van der Waals surface area contributed by atoms with E-state index >= 15 is 0 Å². The number of Topliss-reactive ketones (excluding diaryl/α,β-unsaturated/α-hetero) is 1. The van der Waals surface area contributed by atoms with E-state index in [2.05, 4.69) is 13.2 Å². The van der Waals surface area contributed by atoms with Gasteiger partial charge in [-0.3, -0.25) is 4.79 Å². The standard InChI is InChI=1S/C24H31NO14/c1-5-7-14(6-2)20(28,29)25-23(34,35)21(30,31)19(27,22(32,33)24(25,36)37)11-13-8-12-9-16(38-3)17(39-4)10-15(12)18(13)26/h5-7,9-10,13,27-37H,1-2,8,11H2,3-4H3/b14-7+. The Kier molecular flexibility index (Phi) is 7.42. The number of benzene rings is 1. The fourth-order valence-electron chi connectivity index (χ4n) is 5.04. The molecule has 0 amide bonds. The molecule has 0 radical (unpaired) electrons. The Balaban J connectivity index is 2.16. The molecule has 39 heavy (non-hydrogen) atoms. The summed E-state index contributed by atoms with van der Waals surface area (Å²) in [5.74, 6) is -24.7. The number of hydrogen-bond donors (Lipinski definition) is 11. The summed E-state index contributed by atoms with van der Waals surface area (Å²) in [6.07, 6.45) is 0.565. The maximum atomic E-state index is 13.1. The lowest BCUT2D eigenvalue weighted by Gasteiger charge is -2.65. The van der Waals surface area contributed by atoms with E-state index in [0.717, 1.165) is 12.2 Å². The Morgan fingerprint density at radius 2 is 1.46 bits per heavy atom. The summed E-state index contributed by atoms with van der Waals surface area (Å²) in [6, 6.07) is 2.67. The summed E-state index contributed by atoms with van der Waals surface area (Å²) in [5, 5.41) is 119. The molecule has 0 aromatic heterocycles. The molecule has 1 aliphatic heterocycles. The Morgan fingerprint density at radius 1 is 0.974 bits per heavy atom. The number of carbonyl (C=O) groups excluding carboxylic acids is 1. The van der Waals surface area contributed by atoms with Crippen molar-refractivity contribution in [3.8, 4) is 11.5 Å². The minimum atomic E-state index is -4.69. The monoisotopic (exact) mass is 557 g/mol. The van der Waals surface area contributed by atoms with Crippen LogP contribution in [0.15, 0.2) is 49.1 Å². The van der Waals surface area contributed by atoms with Gasteiger partial charge in [-0.25, -0.2) is 0 Å². The van der Waals surface area contributed by atoms with Gasteiger partial charge in [0.25, 0.3) is 29.3 Å². The van der Waals surface area contributed by atoms with Crippen molar-refractivity contribution in [2.75, 3.05) is 14.2 Å². The molecule has 11 N–H and O–H groups in total. The quantitative estimate of drug-likeness (QED) is 0.108. The fourth-order valence-corrected chi connectivity index (χ4v) is 5.04. The first-order valence-corrected chi connectivity index (χ1v) is 11.3. The zero-order chi connectivity index (χ0) is 30.0. The van der Waals surface area contributed by atoms with Gasteiger partial charge >= 0.3 is 0 Å². The molecule has 15 nitrogen and oxygen atoms in total. The molecule has 2 aliphatic rings. The first-order chi connectivity index (χ1) is 17.7. The predicted molar refractivity (Wildman–Crippen MR) is 127 cm³/mol. The molecular formula is C24H31NO14. The number of fused-ring (bicyclic) bond motifs is 1. The number of carbonyl (C=O) groups is 1. The van der Waals surface area contributed by atoms with Gasteiger partial charge in [-0.2, -0.15) is 0 Å². The van der Waals surface area contributed by atoms with Crippen LogP contribution in [0.5, 0.6) is 11.5 Å². The average Bonchev–Trinajstić information content (AvgIpc) is 3.13. The number of hydrogen-bond acceptors (Lipinski definition) is 15. The highest BCUT2D eigenvalue weighted by molar-refractivity contribution is 6.03. The van der Waals surface area contributed by atoms with E-state index in [-0.39, 0.29) is 23.5 Å². The van der Waals surface area contributed by atoms with Gasteiger partial charge in [0, 0.05) is 17.1 Å². The van der Waals surface area contributed by atoms with E-state index < -0.39 is 63.5 Å². The molecule has 216 valence electrons. The number of allylic oxidation sites excluding steroid dienone is 2. The largest absolute Gasteiger partial charge is 0.493 e. The molecule has 0 spiro atoms. The zero-order valence-corrected chi connectivity index (χ0v) is 20.9. The van der Waals surface area contributed by atoms with E-state index in [9.17, 15) is 61.0 Å². The van der Waals surface area contributed by atoms with Crippen LogP contribution in [0.2, 0.25) is 0 Å². The van der Waals surface area contributed by atoms with Crippen LogP contribution in [-0.2, 0) is 6.42 Å². The first-order valence-electron chi connectivity index (χ1n) is 11.3. The molecule has 1 aliphatic carbocycles. The lowest BCUT2D eigenvalue weighted by Crippen LogP contribution is -2.95. The number of nitrogens with zero attached hydrogens (tertiary/aromatic N) is 1. The minimum absolute atomic E-state index is 0.00934. The molecular weight excluding hydrogens is 526 g/mol. The van der Waals surface area contributed by atoms with Crippen molar-refractivity contribution in [3.05, 3.63) is 60.2 Å². The van der Waals surface area contributed by atoms with Gasteiger partial charge in [-0.15, -0.1) is 4.90 Å². The summed E-state index contributed by atoms with van der Waals surface area (Å²) in [4.78, 5) is 12.0. The van der Waals surface area contributed by atoms with Gasteiger partial charge in [-0.05, 0) is 30.5 Å². The van der Waals surface area contributed by atoms with Gasteiger partial charge in [0.05, 0.1) is 14.2 Å². The van der Waals surface area contributed by atoms with Gasteiger partial charge in [0.15, 0.2) is 22.9 Å². The normalized spacial score (nSPS) is 25.1. The van der Waals surface area contributed by atoms with Crippen molar-refractivity contribution in [2.24, 2.45) is 5.92 Å². The van der Waals surface area contributed by atoms with Crippen molar-refractivity contribution in [1.29, 1.82) is 0 Å². The number of aliphatic hydroxyl groups is 11. The third-order valence-electron chi connectivity index (χ3n) is 7.18. The second kappa shape index (κ2) is 9.41. The maximum absolute atomic E-state index is 13.1. The lowest BCUT2D eigenvalue weighted by molar-refractivity contribution is -0.622. The van der Waals surface area contributed by atoms with Crippen molar-refractivity contribution in [1.82, 2.24) is 4.90 Å². The highest BCUT2D eigenvalue weighted by atomic mass is 16.7. The van der Waals surface area contributed by atoms with Crippen molar-refractivity contribution in [3.63, 3.8) is 0 Å². The molecule has 1 heterocycles. The molecule has 0 saturated carbocycles. The van der Waals surface area contributed by atoms with Gasteiger partial charge in [0.1, 0.15) is 0 Å². The summed E-state index contributed by atoms with van der Waals surface area (Å²) >= 11 is 0. The number of piperidine rings is 1. The van der Waals surface area contributed by atoms with Crippen molar-refractivity contribution in [2.45, 2.75) is 47.8 Å². The molecule has 1 unspecified atom stereocenters. The molecule has 1 aromatic rings. The molecule has 3 rings (SSSR count). The smallest absolute Gasteiger partial charge is 0.294 e. The minimum Gasteiger partial charge on any atom is -0.493 e. The Morgan fingerprint density at radius 3 is 1.90 bits per heavy atom. The second-order valence-electron chi connectivity index (χ2n) is 9.34. The third-order valence-corrected chi connectivity index (χ3v) is 7.18. The highest BCUT2D eigenvalue weighted by Crippen LogP contribution is 2.55. The molecule has 0 bridgehead atoms. The van der Waals surface area contributed by atoms with Crippen LogP contribution in [0, 0.1) is 5.92 Å². The van der Waals surface area contributed by atoms with E-state index in [1.165, 1.54) is 26.4 Å². The van der Waals surface area contributed by atoms with Crippen LogP contribution >= 0.6 is 0 Å². The fraction of sp³-hybridized carbons (Fsp3) is 0.458. The maximum Gasteiger partial charge on any atom is 0.294 e. The van der Waals surface area contributed by atoms with Gasteiger partial charge < -0.3 is 65.6 Å². The van der Waals surface area contributed by atoms with E-state index in [4.69, 9.17) is 9.47 Å². The van der Waals surface area contributed by atoms with Crippen molar-refractivity contribution < 1.29 is 70.4 Å². The molecule has 1 fully saturated rings. The lowest BCUT2D eigenvalue weighted by atomic mass is 9.69. The van der Waals surface area contributed by atoms with Crippen LogP contribution in [0.1, 0.15) is 22.3 Å². The van der Waals surface area contributed by atoms with E-state index in [0.29, 0.717) is 11.6 Å². The van der Waals surface area contributed by atoms with Crippen LogP contribution in [0.25, 0.3) is 0 Å².